The number of amides is 1. The van der Waals surface area contributed by atoms with Gasteiger partial charge in [-0.1, -0.05) is 6.92 Å². The normalized spacial score (nSPS) is 13.6. The summed E-state index contributed by atoms with van der Waals surface area (Å²) in [5.74, 6) is -0.161. The topological polar surface area (TPSA) is 75.4 Å². The first kappa shape index (κ1) is 17.1. The second-order valence-corrected chi connectivity index (χ2v) is 5.76. The van der Waals surface area contributed by atoms with Crippen molar-refractivity contribution >= 4 is 5.91 Å². The molecular formula is C17H21FN2O3. The molecule has 0 radical (unpaired) electrons. The summed E-state index contributed by atoms with van der Waals surface area (Å²) in [5.41, 5.74) is 0.719. The van der Waals surface area contributed by atoms with Crippen LogP contribution in [0.2, 0.25) is 0 Å². The highest BCUT2D eigenvalue weighted by Crippen LogP contribution is 2.19. The molecule has 0 saturated carbocycles. The molecule has 2 rings (SSSR count). The van der Waals surface area contributed by atoms with Crippen molar-refractivity contribution in [3.05, 3.63) is 42.0 Å². The lowest BCUT2D eigenvalue weighted by molar-refractivity contribution is -0.122. The molecule has 1 heterocycles. The smallest absolute Gasteiger partial charge is 0.226 e. The highest BCUT2D eigenvalue weighted by Gasteiger charge is 2.24. The molecular weight excluding hydrogens is 299 g/mol. The molecule has 1 aromatic heterocycles. The minimum Gasteiger partial charge on any atom is -0.444 e. The van der Waals surface area contributed by atoms with E-state index in [-0.39, 0.29) is 24.8 Å². The van der Waals surface area contributed by atoms with Gasteiger partial charge in [0.25, 0.3) is 0 Å². The summed E-state index contributed by atoms with van der Waals surface area (Å²) in [5, 5.41) is 12.0. The molecule has 0 bridgehead atoms. The molecule has 6 heteroatoms. The van der Waals surface area contributed by atoms with Gasteiger partial charge in [-0.2, -0.15) is 0 Å². The first-order chi connectivity index (χ1) is 11.0. The Hall–Kier alpha value is -2.21. The average Bonchev–Trinajstić information content (AvgIpc) is 2.96. The number of aliphatic hydroxyl groups is 1. The SMILES string of the molecule is CCC(C)(CCO)NC(=O)Cc1coc(-c2ccc(F)cc2)n1. The fourth-order valence-electron chi connectivity index (χ4n) is 2.23. The predicted octanol–water partition coefficient (Wildman–Crippen LogP) is 2.69. The van der Waals surface area contributed by atoms with Crippen LogP contribution in [0.15, 0.2) is 34.9 Å². The number of nitrogens with zero attached hydrogens (tertiary/aromatic N) is 1. The van der Waals surface area contributed by atoms with Crippen LogP contribution < -0.4 is 5.32 Å². The maximum absolute atomic E-state index is 12.9. The van der Waals surface area contributed by atoms with Crippen LogP contribution in [0.3, 0.4) is 0 Å². The molecule has 1 atom stereocenters. The van der Waals surface area contributed by atoms with Crippen LogP contribution in [0.25, 0.3) is 11.5 Å². The first-order valence-electron chi connectivity index (χ1n) is 7.58. The monoisotopic (exact) mass is 320 g/mol. The Bertz CT molecular complexity index is 654. The Labute approximate surface area is 134 Å². The number of carbonyl (C=O) groups is 1. The van der Waals surface area contributed by atoms with Crippen molar-refractivity contribution < 1.29 is 18.7 Å². The van der Waals surface area contributed by atoms with Gasteiger partial charge in [-0.25, -0.2) is 9.37 Å². The second-order valence-electron chi connectivity index (χ2n) is 5.76. The van der Waals surface area contributed by atoms with E-state index in [0.29, 0.717) is 23.6 Å². The molecule has 0 saturated heterocycles. The van der Waals surface area contributed by atoms with Crippen molar-refractivity contribution in [1.29, 1.82) is 0 Å². The standard InChI is InChI=1S/C17H21FN2O3/c1-3-17(2,8-9-21)20-15(22)10-14-11-23-16(19-14)12-4-6-13(18)7-5-12/h4-7,11,21H,3,8-10H2,1-2H3,(H,20,22). The van der Waals surface area contributed by atoms with Crippen molar-refractivity contribution in [2.75, 3.05) is 6.61 Å². The van der Waals surface area contributed by atoms with Crippen molar-refractivity contribution in [2.45, 2.75) is 38.6 Å². The number of oxazole rings is 1. The minimum atomic E-state index is -0.435. The van der Waals surface area contributed by atoms with Crippen molar-refractivity contribution in [2.24, 2.45) is 0 Å². The number of hydrogen-bond acceptors (Lipinski definition) is 4. The van der Waals surface area contributed by atoms with Crippen molar-refractivity contribution in [3.63, 3.8) is 0 Å². The van der Waals surface area contributed by atoms with E-state index in [1.807, 2.05) is 13.8 Å². The summed E-state index contributed by atoms with van der Waals surface area (Å²) in [7, 11) is 0. The van der Waals surface area contributed by atoms with E-state index in [0.717, 1.165) is 6.42 Å². The van der Waals surface area contributed by atoms with Gasteiger partial charge in [0, 0.05) is 17.7 Å². The molecule has 23 heavy (non-hydrogen) atoms. The maximum Gasteiger partial charge on any atom is 0.226 e. The van der Waals surface area contributed by atoms with Gasteiger partial charge >= 0.3 is 0 Å². The highest BCUT2D eigenvalue weighted by molar-refractivity contribution is 5.79. The van der Waals surface area contributed by atoms with Crippen LogP contribution >= 0.6 is 0 Å². The number of rotatable bonds is 7. The summed E-state index contributed by atoms with van der Waals surface area (Å²) in [6.07, 6.45) is 2.73. The van der Waals surface area contributed by atoms with Gasteiger partial charge in [0.1, 0.15) is 12.1 Å². The molecule has 0 spiro atoms. The van der Waals surface area contributed by atoms with Gasteiger partial charge in [-0.15, -0.1) is 0 Å². The van der Waals surface area contributed by atoms with Gasteiger partial charge in [0.2, 0.25) is 11.8 Å². The number of benzene rings is 1. The van der Waals surface area contributed by atoms with E-state index < -0.39 is 5.54 Å². The molecule has 0 aliphatic carbocycles. The number of nitrogens with one attached hydrogen (secondary N) is 1. The van der Waals surface area contributed by atoms with Crippen molar-refractivity contribution in [1.82, 2.24) is 10.3 Å². The van der Waals surface area contributed by atoms with E-state index >= 15 is 0 Å². The molecule has 1 aromatic carbocycles. The number of aromatic nitrogens is 1. The predicted molar refractivity (Wildman–Crippen MR) is 84.1 cm³/mol. The lowest BCUT2D eigenvalue weighted by Crippen LogP contribution is -2.46. The molecule has 0 aliphatic rings. The average molecular weight is 320 g/mol. The fraction of sp³-hybridized carbons (Fsp3) is 0.412. The molecule has 0 aliphatic heterocycles. The largest absolute Gasteiger partial charge is 0.444 e. The third-order valence-corrected chi connectivity index (χ3v) is 3.87. The minimum absolute atomic E-state index is 0.0172. The number of hydrogen-bond donors (Lipinski definition) is 2. The van der Waals surface area contributed by atoms with Crippen molar-refractivity contribution in [3.8, 4) is 11.5 Å². The Morgan fingerprint density at radius 1 is 1.39 bits per heavy atom. The lowest BCUT2D eigenvalue weighted by atomic mass is 9.94. The van der Waals surface area contributed by atoms with Gasteiger partial charge in [0.05, 0.1) is 12.1 Å². The van der Waals surface area contributed by atoms with E-state index in [4.69, 9.17) is 9.52 Å². The molecule has 0 fully saturated rings. The van der Waals surface area contributed by atoms with E-state index in [9.17, 15) is 9.18 Å². The zero-order valence-electron chi connectivity index (χ0n) is 13.3. The van der Waals surface area contributed by atoms with Gasteiger partial charge in [-0.05, 0) is 44.0 Å². The van der Waals surface area contributed by atoms with E-state index in [1.165, 1.54) is 18.4 Å². The van der Waals surface area contributed by atoms with Crippen LogP contribution in [-0.4, -0.2) is 28.1 Å². The molecule has 1 unspecified atom stereocenters. The van der Waals surface area contributed by atoms with Crippen LogP contribution in [0.1, 0.15) is 32.4 Å². The van der Waals surface area contributed by atoms with E-state index in [1.54, 1.807) is 12.1 Å². The number of carbonyl (C=O) groups excluding carboxylic acids is 1. The highest BCUT2D eigenvalue weighted by atomic mass is 19.1. The molecule has 1 amide bonds. The third-order valence-electron chi connectivity index (χ3n) is 3.87. The Morgan fingerprint density at radius 2 is 2.09 bits per heavy atom. The molecule has 124 valence electrons. The van der Waals surface area contributed by atoms with Crippen LogP contribution in [-0.2, 0) is 11.2 Å². The Kier molecular flexibility index (Phi) is 5.50. The van der Waals surface area contributed by atoms with Gasteiger partial charge < -0.3 is 14.8 Å². The maximum atomic E-state index is 12.9. The lowest BCUT2D eigenvalue weighted by Gasteiger charge is -2.28. The van der Waals surface area contributed by atoms with E-state index in [2.05, 4.69) is 10.3 Å². The summed E-state index contributed by atoms with van der Waals surface area (Å²) in [4.78, 5) is 16.4. The first-order valence-corrected chi connectivity index (χ1v) is 7.58. The fourth-order valence-corrected chi connectivity index (χ4v) is 2.23. The number of aliphatic hydroxyl groups excluding tert-OH is 1. The molecule has 5 nitrogen and oxygen atoms in total. The van der Waals surface area contributed by atoms with Gasteiger partial charge in [-0.3, -0.25) is 4.79 Å². The zero-order valence-corrected chi connectivity index (χ0v) is 13.3. The van der Waals surface area contributed by atoms with Gasteiger partial charge in [0.15, 0.2) is 0 Å². The molecule has 2 N–H and O–H groups in total. The Morgan fingerprint density at radius 3 is 2.70 bits per heavy atom. The third kappa shape index (κ3) is 4.63. The summed E-state index contributed by atoms with van der Waals surface area (Å²) < 4.78 is 18.3. The summed E-state index contributed by atoms with van der Waals surface area (Å²) in [6, 6.07) is 5.79. The molecule has 2 aromatic rings. The second kappa shape index (κ2) is 7.37. The van der Waals surface area contributed by atoms with Crippen LogP contribution in [0, 0.1) is 5.82 Å². The Balaban J connectivity index is 2.01. The summed E-state index contributed by atoms with van der Waals surface area (Å²) >= 11 is 0. The quantitative estimate of drug-likeness (QED) is 0.822. The van der Waals surface area contributed by atoms with Crippen LogP contribution in [0.4, 0.5) is 4.39 Å². The zero-order chi connectivity index (χ0) is 16.9. The number of halogens is 1. The van der Waals surface area contributed by atoms with Crippen LogP contribution in [0.5, 0.6) is 0 Å². The summed E-state index contributed by atoms with van der Waals surface area (Å²) in [6.45, 7) is 3.87.